The molecule has 1 aromatic rings. The summed E-state index contributed by atoms with van der Waals surface area (Å²) in [5, 5.41) is 2.93. The maximum atomic E-state index is 12.1. The summed E-state index contributed by atoms with van der Waals surface area (Å²) >= 11 is 0. The van der Waals surface area contributed by atoms with E-state index in [1.807, 2.05) is 32.0 Å². The molecule has 0 aliphatic carbocycles. The van der Waals surface area contributed by atoms with Gasteiger partial charge in [0.2, 0.25) is 5.91 Å². The molecule has 0 bridgehead atoms. The number of nitrogens with two attached hydrogens (primary N) is 1. The fourth-order valence-electron chi connectivity index (χ4n) is 2.26. The summed E-state index contributed by atoms with van der Waals surface area (Å²) in [7, 11) is 0. The molecule has 1 saturated heterocycles. The van der Waals surface area contributed by atoms with E-state index in [-0.39, 0.29) is 11.9 Å². The number of aryl methyl sites for hydroxylation is 1. The SMILES string of the molecule is Cc1ccc(NC(=O)C(C)N2CCCC2)cc1N. The molecule has 98 valence electrons. The molecule has 1 aliphatic heterocycles. The predicted molar refractivity (Wildman–Crippen MR) is 74.5 cm³/mol. The fraction of sp³-hybridized carbons (Fsp3) is 0.500. The number of likely N-dealkylation sites (tertiary alicyclic amines) is 1. The van der Waals surface area contributed by atoms with Crippen LogP contribution in [0.4, 0.5) is 11.4 Å². The number of nitrogens with zero attached hydrogens (tertiary/aromatic N) is 1. The third-order valence-corrected chi connectivity index (χ3v) is 3.61. The van der Waals surface area contributed by atoms with E-state index in [2.05, 4.69) is 10.2 Å². The van der Waals surface area contributed by atoms with Crippen molar-refractivity contribution in [2.75, 3.05) is 24.1 Å². The number of rotatable bonds is 3. The second-order valence-corrected chi connectivity index (χ2v) is 4.98. The Kier molecular flexibility index (Phi) is 3.87. The number of carbonyl (C=O) groups excluding carboxylic acids is 1. The van der Waals surface area contributed by atoms with E-state index in [4.69, 9.17) is 5.73 Å². The van der Waals surface area contributed by atoms with Gasteiger partial charge in [-0.15, -0.1) is 0 Å². The van der Waals surface area contributed by atoms with Crippen LogP contribution in [-0.2, 0) is 4.79 Å². The molecular formula is C14H21N3O. The van der Waals surface area contributed by atoms with E-state index in [0.717, 1.165) is 24.3 Å². The molecule has 3 N–H and O–H groups in total. The lowest BCUT2D eigenvalue weighted by molar-refractivity contribution is -0.120. The van der Waals surface area contributed by atoms with E-state index < -0.39 is 0 Å². The van der Waals surface area contributed by atoms with Crippen molar-refractivity contribution >= 4 is 17.3 Å². The number of amides is 1. The Hall–Kier alpha value is -1.55. The van der Waals surface area contributed by atoms with Crippen molar-refractivity contribution in [3.05, 3.63) is 23.8 Å². The Morgan fingerprint density at radius 1 is 1.39 bits per heavy atom. The molecule has 2 rings (SSSR count). The zero-order valence-electron chi connectivity index (χ0n) is 11.1. The van der Waals surface area contributed by atoms with Gasteiger partial charge in [0.15, 0.2) is 0 Å². The minimum Gasteiger partial charge on any atom is -0.398 e. The molecule has 1 aromatic carbocycles. The van der Waals surface area contributed by atoms with Gasteiger partial charge in [-0.2, -0.15) is 0 Å². The smallest absolute Gasteiger partial charge is 0.241 e. The zero-order valence-corrected chi connectivity index (χ0v) is 11.1. The van der Waals surface area contributed by atoms with Gasteiger partial charge >= 0.3 is 0 Å². The largest absolute Gasteiger partial charge is 0.398 e. The van der Waals surface area contributed by atoms with Gasteiger partial charge in [-0.25, -0.2) is 0 Å². The molecule has 1 aliphatic rings. The summed E-state index contributed by atoms with van der Waals surface area (Å²) in [6.07, 6.45) is 2.38. The minimum atomic E-state index is -0.0740. The van der Waals surface area contributed by atoms with Gasteiger partial charge in [0.25, 0.3) is 0 Å². The van der Waals surface area contributed by atoms with Crippen LogP contribution in [0.25, 0.3) is 0 Å². The average Bonchev–Trinajstić information content (AvgIpc) is 2.86. The van der Waals surface area contributed by atoms with Crippen LogP contribution in [0.1, 0.15) is 25.3 Å². The van der Waals surface area contributed by atoms with Gasteiger partial charge in [-0.05, 0) is 57.5 Å². The third kappa shape index (κ3) is 2.82. The van der Waals surface area contributed by atoms with Crippen LogP contribution in [0.2, 0.25) is 0 Å². The molecule has 1 atom stereocenters. The quantitative estimate of drug-likeness (QED) is 0.803. The molecule has 1 amide bonds. The Morgan fingerprint density at radius 3 is 2.67 bits per heavy atom. The number of benzene rings is 1. The standard InChI is InChI=1S/C14H21N3O/c1-10-5-6-12(9-13(10)15)16-14(18)11(2)17-7-3-4-8-17/h5-6,9,11H,3-4,7-8,15H2,1-2H3,(H,16,18). The molecule has 0 saturated carbocycles. The maximum Gasteiger partial charge on any atom is 0.241 e. The number of nitrogen functional groups attached to an aromatic ring is 1. The number of nitrogens with one attached hydrogen (secondary N) is 1. The molecule has 1 fully saturated rings. The topological polar surface area (TPSA) is 58.4 Å². The highest BCUT2D eigenvalue weighted by Gasteiger charge is 2.23. The van der Waals surface area contributed by atoms with Crippen LogP contribution in [0.5, 0.6) is 0 Å². The Morgan fingerprint density at radius 2 is 2.06 bits per heavy atom. The van der Waals surface area contributed by atoms with Crippen LogP contribution >= 0.6 is 0 Å². The van der Waals surface area contributed by atoms with Crippen molar-refractivity contribution in [3.8, 4) is 0 Å². The van der Waals surface area contributed by atoms with Gasteiger partial charge in [-0.1, -0.05) is 6.07 Å². The Bertz CT molecular complexity index is 439. The molecule has 0 radical (unpaired) electrons. The maximum absolute atomic E-state index is 12.1. The second kappa shape index (κ2) is 5.40. The minimum absolute atomic E-state index is 0.0418. The van der Waals surface area contributed by atoms with Crippen molar-refractivity contribution in [2.45, 2.75) is 32.7 Å². The van der Waals surface area contributed by atoms with Crippen molar-refractivity contribution in [1.82, 2.24) is 4.90 Å². The summed E-state index contributed by atoms with van der Waals surface area (Å²) < 4.78 is 0. The number of carbonyl (C=O) groups is 1. The Balaban J connectivity index is 1.99. The van der Waals surface area contributed by atoms with Crippen LogP contribution in [0.15, 0.2) is 18.2 Å². The first-order valence-electron chi connectivity index (χ1n) is 6.49. The highest BCUT2D eigenvalue weighted by molar-refractivity contribution is 5.95. The van der Waals surface area contributed by atoms with Gasteiger partial charge in [0.05, 0.1) is 6.04 Å². The highest BCUT2D eigenvalue weighted by Crippen LogP contribution is 2.18. The van der Waals surface area contributed by atoms with Crippen LogP contribution in [-0.4, -0.2) is 29.9 Å². The van der Waals surface area contributed by atoms with Crippen molar-refractivity contribution in [1.29, 1.82) is 0 Å². The molecule has 4 nitrogen and oxygen atoms in total. The second-order valence-electron chi connectivity index (χ2n) is 4.98. The number of anilines is 2. The van der Waals surface area contributed by atoms with Crippen LogP contribution in [0.3, 0.4) is 0 Å². The van der Waals surface area contributed by atoms with Gasteiger partial charge in [-0.3, -0.25) is 9.69 Å². The summed E-state index contributed by atoms with van der Waals surface area (Å²) in [5.41, 5.74) is 8.34. The molecule has 4 heteroatoms. The number of hydrogen-bond donors (Lipinski definition) is 2. The molecule has 0 aromatic heterocycles. The first-order valence-corrected chi connectivity index (χ1v) is 6.49. The summed E-state index contributed by atoms with van der Waals surface area (Å²) in [5.74, 6) is 0.0418. The van der Waals surface area contributed by atoms with Crippen molar-refractivity contribution < 1.29 is 4.79 Å². The van der Waals surface area contributed by atoms with Gasteiger partial charge in [0.1, 0.15) is 0 Å². The van der Waals surface area contributed by atoms with E-state index in [9.17, 15) is 4.79 Å². The van der Waals surface area contributed by atoms with E-state index in [1.54, 1.807) is 0 Å². The lowest BCUT2D eigenvalue weighted by Crippen LogP contribution is -2.40. The highest BCUT2D eigenvalue weighted by atomic mass is 16.2. The van der Waals surface area contributed by atoms with Crippen LogP contribution < -0.4 is 11.1 Å². The summed E-state index contributed by atoms with van der Waals surface area (Å²) in [6, 6.07) is 5.55. The average molecular weight is 247 g/mol. The van der Waals surface area contributed by atoms with Gasteiger partial charge < -0.3 is 11.1 Å². The molecule has 18 heavy (non-hydrogen) atoms. The normalized spacial score (nSPS) is 17.7. The third-order valence-electron chi connectivity index (χ3n) is 3.61. The summed E-state index contributed by atoms with van der Waals surface area (Å²) in [4.78, 5) is 14.3. The lowest BCUT2D eigenvalue weighted by Gasteiger charge is -2.22. The monoisotopic (exact) mass is 247 g/mol. The molecule has 0 spiro atoms. The van der Waals surface area contributed by atoms with Crippen molar-refractivity contribution in [2.24, 2.45) is 0 Å². The first-order chi connectivity index (χ1) is 8.58. The zero-order chi connectivity index (χ0) is 13.1. The first kappa shape index (κ1) is 12.9. The molecular weight excluding hydrogens is 226 g/mol. The predicted octanol–water partition coefficient (Wildman–Crippen LogP) is 2.00. The lowest BCUT2D eigenvalue weighted by atomic mass is 10.2. The summed E-state index contributed by atoms with van der Waals surface area (Å²) in [6.45, 7) is 5.95. The molecule has 1 unspecified atom stereocenters. The van der Waals surface area contributed by atoms with Crippen LogP contribution in [0, 0.1) is 6.92 Å². The Labute approximate surface area is 108 Å². The fourth-order valence-corrected chi connectivity index (χ4v) is 2.26. The molecule has 1 heterocycles. The van der Waals surface area contributed by atoms with Gasteiger partial charge in [0, 0.05) is 11.4 Å². The van der Waals surface area contributed by atoms with E-state index >= 15 is 0 Å². The van der Waals surface area contributed by atoms with E-state index in [1.165, 1.54) is 12.8 Å². The van der Waals surface area contributed by atoms with E-state index in [0.29, 0.717) is 5.69 Å². The van der Waals surface area contributed by atoms with Crippen molar-refractivity contribution in [3.63, 3.8) is 0 Å². The number of hydrogen-bond acceptors (Lipinski definition) is 3.